The molecule has 0 aliphatic heterocycles. The number of ether oxygens (including phenoxy) is 1. The molecule has 0 fully saturated rings. The van der Waals surface area contributed by atoms with Crippen molar-refractivity contribution in [1.82, 2.24) is 0 Å². The predicted octanol–water partition coefficient (Wildman–Crippen LogP) is 7.20. The summed E-state index contributed by atoms with van der Waals surface area (Å²) in [4.78, 5) is 0. The maximum absolute atomic E-state index is 13.4. The molecular formula is C23H18F4O. The van der Waals surface area contributed by atoms with Crippen LogP contribution in [0.5, 0.6) is 11.5 Å². The first-order valence-electron chi connectivity index (χ1n) is 8.77. The van der Waals surface area contributed by atoms with E-state index < -0.39 is 17.6 Å². The molecule has 0 saturated carbocycles. The molecule has 0 amide bonds. The van der Waals surface area contributed by atoms with Gasteiger partial charge in [0.25, 0.3) is 0 Å². The maximum atomic E-state index is 13.4. The summed E-state index contributed by atoms with van der Waals surface area (Å²) in [6.45, 7) is 0. The van der Waals surface area contributed by atoms with Crippen LogP contribution < -0.4 is 4.74 Å². The standard InChI is InChI=1S/C23H18F4O/c24-19-14-12-18(13-15-19)22(23(25,26)27)11-5-7-17-6-4-10-21(16-17)28-20-8-2-1-3-9-20/h1-4,6,8-16H,5,7H2/b22-11+. The average molecular weight is 386 g/mol. The smallest absolute Gasteiger partial charge is 0.416 e. The molecule has 0 unspecified atom stereocenters. The molecule has 0 aliphatic carbocycles. The summed E-state index contributed by atoms with van der Waals surface area (Å²) >= 11 is 0. The first-order chi connectivity index (χ1) is 13.4. The second-order valence-electron chi connectivity index (χ2n) is 6.22. The average Bonchev–Trinajstić information content (AvgIpc) is 2.66. The van der Waals surface area contributed by atoms with Crippen LogP contribution in [0, 0.1) is 5.82 Å². The molecule has 0 bridgehead atoms. The molecular weight excluding hydrogens is 368 g/mol. The summed E-state index contributed by atoms with van der Waals surface area (Å²) in [6, 6.07) is 20.9. The first kappa shape index (κ1) is 19.7. The fraction of sp³-hybridized carbons (Fsp3) is 0.130. The van der Waals surface area contributed by atoms with Gasteiger partial charge in [0.15, 0.2) is 0 Å². The van der Waals surface area contributed by atoms with E-state index in [0.717, 1.165) is 35.9 Å². The molecule has 5 heteroatoms. The van der Waals surface area contributed by atoms with Gasteiger partial charge in [-0.05, 0) is 60.4 Å². The van der Waals surface area contributed by atoms with E-state index in [-0.39, 0.29) is 12.0 Å². The molecule has 1 nitrogen and oxygen atoms in total. The lowest BCUT2D eigenvalue weighted by atomic mass is 10.0. The highest BCUT2D eigenvalue weighted by atomic mass is 19.4. The lowest BCUT2D eigenvalue weighted by Crippen LogP contribution is -2.11. The zero-order valence-corrected chi connectivity index (χ0v) is 14.9. The Bertz CT molecular complexity index is 929. The predicted molar refractivity (Wildman–Crippen MR) is 102 cm³/mol. The Kier molecular flexibility index (Phi) is 6.14. The van der Waals surface area contributed by atoms with Gasteiger partial charge in [-0.15, -0.1) is 0 Å². The molecule has 144 valence electrons. The van der Waals surface area contributed by atoms with Gasteiger partial charge in [0.05, 0.1) is 5.57 Å². The Balaban J connectivity index is 1.71. The van der Waals surface area contributed by atoms with E-state index in [9.17, 15) is 17.6 Å². The molecule has 0 N–H and O–H groups in total. The largest absolute Gasteiger partial charge is 0.457 e. The first-order valence-corrected chi connectivity index (χ1v) is 8.77. The molecule has 0 aromatic heterocycles. The van der Waals surface area contributed by atoms with Crippen molar-refractivity contribution < 1.29 is 22.3 Å². The lowest BCUT2D eigenvalue weighted by Gasteiger charge is -2.12. The minimum Gasteiger partial charge on any atom is -0.457 e. The molecule has 3 aromatic carbocycles. The van der Waals surface area contributed by atoms with Gasteiger partial charge in [-0.1, -0.05) is 48.5 Å². The Morgan fingerprint density at radius 3 is 2.18 bits per heavy atom. The van der Waals surface area contributed by atoms with E-state index in [1.165, 1.54) is 0 Å². The molecule has 28 heavy (non-hydrogen) atoms. The van der Waals surface area contributed by atoms with Crippen LogP contribution in [0.1, 0.15) is 17.5 Å². The highest BCUT2D eigenvalue weighted by Gasteiger charge is 2.34. The normalized spacial score (nSPS) is 12.1. The van der Waals surface area contributed by atoms with E-state index in [2.05, 4.69) is 0 Å². The van der Waals surface area contributed by atoms with Crippen LogP contribution >= 0.6 is 0 Å². The Labute approximate surface area is 160 Å². The third-order valence-electron chi connectivity index (χ3n) is 4.12. The molecule has 0 saturated heterocycles. The van der Waals surface area contributed by atoms with Crippen molar-refractivity contribution in [3.05, 3.63) is 102 Å². The van der Waals surface area contributed by atoms with Crippen molar-refractivity contribution in [2.45, 2.75) is 19.0 Å². The van der Waals surface area contributed by atoms with Gasteiger partial charge in [-0.2, -0.15) is 13.2 Å². The summed E-state index contributed by atoms with van der Waals surface area (Å²) in [6.07, 6.45) is -2.73. The molecule has 0 radical (unpaired) electrons. The number of hydrogen-bond donors (Lipinski definition) is 0. The Morgan fingerprint density at radius 1 is 0.821 bits per heavy atom. The van der Waals surface area contributed by atoms with Gasteiger partial charge < -0.3 is 4.74 Å². The number of hydrogen-bond acceptors (Lipinski definition) is 1. The molecule has 0 heterocycles. The van der Waals surface area contributed by atoms with E-state index >= 15 is 0 Å². The molecule has 3 rings (SSSR count). The van der Waals surface area contributed by atoms with Gasteiger partial charge in [0, 0.05) is 0 Å². The lowest BCUT2D eigenvalue weighted by molar-refractivity contribution is -0.0690. The van der Waals surface area contributed by atoms with Crippen molar-refractivity contribution in [3.8, 4) is 11.5 Å². The number of halogens is 4. The highest BCUT2D eigenvalue weighted by Crippen LogP contribution is 2.34. The Morgan fingerprint density at radius 2 is 1.50 bits per heavy atom. The van der Waals surface area contributed by atoms with Crippen molar-refractivity contribution in [2.24, 2.45) is 0 Å². The minimum absolute atomic E-state index is 0.0462. The van der Waals surface area contributed by atoms with Crippen LogP contribution in [-0.2, 0) is 6.42 Å². The van der Waals surface area contributed by atoms with Crippen LogP contribution in [0.25, 0.3) is 5.57 Å². The van der Waals surface area contributed by atoms with Crippen LogP contribution in [-0.4, -0.2) is 6.18 Å². The van der Waals surface area contributed by atoms with Crippen molar-refractivity contribution >= 4 is 5.57 Å². The number of rotatable bonds is 6. The van der Waals surface area contributed by atoms with E-state index in [1.54, 1.807) is 6.07 Å². The van der Waals surface area contributed by atoms with E-state index in [0.29, 0.717) is 17.9 Å². The Hall–Kier alpha value is -3.08. The summed E-state index contributed by atoms with van der Waals surface area (Å²) in [5, 5.41) is 0. The van der Waals surface area contributed by atoms with Gasteiger partial charge in [0.2, 0.25) is 0 Å². The quantitative estimate of drug-likeness (QED) is 0.407. The minimum atomic E-state index is -4.50. The topological polar surface area (TPSA) is 9.23 Å². The highest BCUT2D eigenvalue weighted by molar-refractivity contribution is 5.69. The van der Waals surface area contributed by atoms with Crippen molar-refractivity contribution in [2.75, 3.05) is 0 Å². The van der Waals surface area contributed by atoms with Gasteiger partial charge >= 0.3 is 6.18 Å². The van der Waals surface area contributed by atoms with Crippen LogP contribution in [0.15, 0.2) is 84.9 Å². The zero-order chi connectivity index (χ0) is 20.0. The van der Waals surface area contributed by atoms with Crippen molar-refractivity contribution in [1.29, 1.82) is 0 Å². The van der Waals surface area contributed by atoms with Gasteiger partial charge in [0.1, 0.15) is 17.3 Å². The third-order valence-corrected chi connectivity index (χ3v) is 4.12. The zero-order valence-electron chi connectivity index (χ0n) is 14.9. The summed E-state index contributed by atoms with van der Waals surface area (Å²) in [7, 11) is 0. The number of para-hydroxylation sites is 1. The van der Waals surface area contributed by atoms with Crippen LogP contribution in [0.4, 0.5) is 17.6 Å². The fourth-order valence-electron chi connectivity index (χ4n) is 2.80. The third kappa shape index (κ3) is 5.46. The fourth-order valence-corrected chi connectivity index (χ4v) is 2.80. The van der Waals surface area contributed by atoms with Gasteiger partial charge in [-0.25, -0.2) is 4.39 Å². The van der Waals surface area contributed by atoms with Crippen LogP contribution in [0.2, 0.25) is 0 Å². The second-order valence-corrected chi connectivity index (χ2v) is 6.22. The number of alkyl halides is 3. The molecule has 0 spiro atoms. The van der Waals surface area contributed by atoms with E-state index in [4.69, 9.17) is 4.74 Å². The number of allylic oxidation sites excluding steroid dienone is 2. The van der Waals surface area contributed by atoms with Gasteiger partial charge in [-0.3, -0.25) is 0 Å². The summed E-state index contributed by atoms with van der Waals surface area (Å²) in [5.41, 5.74) is 0.0598. The molecule has 0 atom stereocenters. The monoisotopic (exact) mass is 386 g/mol. The molecule has 0 aliphatic rings. The summed E-state index contributed by atoms with van der Waals surface area (Å²) in [5.74, 6) is 0.748. The second kappa shape index (κ2) is 8.74. The van der Waals surface area contributed by atoms with E-state index in [1.807, 2.05) is 48.5 Å². The SMILES string of the molecule is Fc1ccc(/C(=C\CCc2cccc(Oc3ccccc3)c2)C(F)(F)F)cc1. The molecule has 3 aromatic rings. The number of benzene rings is 3. The summed E-state index contributed by atoms with van der Waals surface area (Å²) < 4.78 is 58.8. The number of aryl methyl sites for hydroxylation is 1. The maximum Gasteiger partial charge on any atom is 0.416 e. The van der Waals surface area contributed by atoms with Crippen LogP contribution in [0.3, 0.4) is 0 Å². The van der Waals surface area contributed by atoms with Crippen molar-refractivity contribution in [3.63, 3.8) is 0 Å².